The third-order valence-electron chi connectivity index (χ3n) is 3.92. The molecule has 0 spiro atoms. The molecule has 1 unspecified atom stereocenters. The van der Waals surface area contributed by atoms with Crippen molar-refractivity contribution in [3.8, 4) is 0 Å². The van der Waals surface area contributed by atoms with Crippen LogP contribution in [-0.4, -0.2) is 30.0 Å². The molecule has 3 nitrogen and oxygen atoms in total. The summed E-state index contributed by atoms with van der Waals surface area (Å²) in [7, 11) is 0. The molecule has 1 aromatic rings. The number of hydrogen-bond acceptors (Lipinski definition) is 2. The molecule has 0 saturated carbocycles. The van der Waals surface area contributed by atoms with Gasteiger partial charge in [0.05, 0.1) is 12.7 Å². The first-order chi connectivity index (χ1) is 10.0. The minimum atomic E-state index is 0.177. The Balaban J connectivity index is 1.81. The van der Waals surface area contributed by atoms with Crippen LogP contribution in [-0.2, 0) is 16.1 Å². The molecular weight excluding hydrogens is 262 g/mol. The van der Waals surface area contributed by atoms with Gasteiger partial charge in [0.1, 0.15) is 0 Å². The predicted molar refractivity (Wildman–Crippen MR) is 85.0 cm³/mol. The Labute approximate surface area is 128 Å². The van der Waals surface area contributed by atoms with Gasteiger partial charge in [0, 0.05) is 19.5 Å². The van der Waals surface area contributed by atoms with Crippen LogP contribution < -0.4 is 0 Å². The fraction of sp³-hybridized carbons (Fsp3) is 0.611. The molecule has 1 saturated heterocycles. The largest absolute Gasteiger partial charge is 0.372 e. The number of ether oxygens (including phenoxy) is 1. The average Bonchev–Trinajstić information content (AvgIpc) is 2.46. The number of carbonyl (C=O) groups is 1. The van der Waals surface area contributed by atoms with Crippen molar-refractivity contribution < 1.29 is 9.53 Å². The normalized spacial score (nSPS) is 19.0. The predicted octanol–water partition coefficient (Wildman–Crippen LogP) is 3.55. The Bertz CT molecular complexity index is 453. The minimum absolute atomic E-state index is 0.177. The Morgan fingerprint density at radius 1 is 1.33 bits per heavy atom. The van der Waals surface area contributed by atoms with Crippen LogP contribution in [0.1, 0.15) is 44.2 Å². The van der Waals surface area contributed by atoms with Gasteiger partial charge in [0.2, 0.25) is 5.91 Å². The van der Waals surface area contributed by atoms with Crippen molar-refractivity contribution in [1.82, 2.24) is 4.90 Å². The molecule has 1 aliphatic rings. The first-order valence-corrected chi connectivity index (χ1v) is 7.99. The number of amides is 1. The molecule has 2 rings (SSSR count). The highest BCUT2D eigenvalue weighted by atomic mass is 16.5. The quantitative estimate of drug-likeness (QED) is 0.829. The standard InChI is InChI=1S/C18H27NO2/c1-14(2)11-18(20)19-10-4-5-17(12-19)21-13-16-8-6-15(3)7-9-16/h6-9,14,17H,4-5,10-13H2,1-3H3. The fourth-order valence-electron chi connectivity index (χ4n) is 2.68. The van der Waals surface area contributed by atoms with Crippen molar-refractivity contribution in [2.75, 3.05) is 13.1 Å². The van der Waals surface area contributed by atoms with Crippen molar-refractivity contribution in [2.45, 2.75) is 52.7 Å². The second-order valence-electron chi connectivity index (χ2n) is 6.50. The molecule has 1 aromatic carbocycles. The molecule has 0 bridgehead atoms. The van der Waals surface area contributed by atoms with E-state index in [1.54, 1.807) is 0 Å². The van der Waals surface area contributed by atoms with E-state index in [9.17, 15) is 4.79 Å². The first-order valence-electron chi connectivity index (χ1n) is 7.99. The molecule has 116 valence electrons. The van der Waals surface area contributed by atoms with Gasteiger partial charge in [-0.25, -0.2) is 0 Å². The zero-order valence-electron chi connectivity index (χ0n) is 13.5. The molecule has 0 aliphatic carbocycles. The summed E-state index contributed by atoms with van der Waals surface area (Å²) in [4.78, 5) is 14.1. The Morgan fingerprint density at radius 3 is 2.71 bits per heavy atom. The van der Waals surface area contributed by atoms with Crippen LogP contribution in [0.4, 0.5) is 0 Å². The van der Waals surface area contributed by atoms with Crippen LogP contribution in [0.3, 0.4) is 0 Å². The van der Waals surface area contributed by atoms with E-state index in [-0.39, 0.29) is 12.0 Å². The van der Waals surface area contributed by atoms with Gasteiger partial charge in [0.25, 0.3) is 0 Å². The van der Waals surface area contributed by atoms with Gasteiger partial charge >= 0.3 is 0 Å². The highest BCUT2D eigenvalue weighted by Gasteiger charge is 2.24. The van der Waals surface area contributed by atoms with Gasteiger partial charge in [0.15, 0.2) is 0 Å². The lowest BCUT2D eigenvalue weighted by Gasteiger charge is -2.33. The van der Waals surface area contributed by atoms with E-state index in [0.29, 0.717) is 18.9 Å². The smallest absolute Gasteiger partial charge is 0.222 e. The van der Waals surface area contributed by atoms with Crippen LogP contribution >= 0.6 is 0 Å². The van der Waals surface area contributed by atoms with Gasteiger partial charge in [-0.15, -0.1) is 0 Å². The molecule has 3 heteroatoms. The lowest BCUT2D eigenvalue weighted by molar-refractivity contribution is -0.136. The number of likely N-dealkylation sites (tertiary alicyclic amines) is 1. The maximum atomic E-state index is 12.1. The fourth-order valence-corrected chi connectivity index (χ4v) is 2.68. The number of carbonyl (C=O) groups excluding carboxylic acids is 1. The topological polar surface area (TPSA) is 29.5 Å². The van der Waals surface area contributed by atoms with Gasteiger partial charge in [-0.1, -0.05) is 43.7 Å². The van der Waals surface area contributed by atoms with Crippen molar-refractivity contribution >= 4 is 5.91 Å². The molecule has 0 aromatic heterocycles. The third-order valence-corrected chi connectivity index (χ3v) is 3.92. The van der Waals surface area contributed by atoms with E-state index >= 15 is 0 Å². The summed E-state index contributed by atoms with van der Waals surface area (Å²) in [6.07, 6.45) is 2.92. The SMILES string of the molecule is Cc1ccc(COC2CCCN(C(=O)CC(C)C)C2)cc1. The van der Waals surface area contributed by atoms with Crippen LogP contribution in [0.2, 0.25) is 0 Å². The number of hydrogen-bond donors (Lipinski definition) is 0. The van der Waals surface area contributed by atoms with Gasteiger partial charge in [-0.3, -0.25) is 4.79 Å². The maximum absolute atomic E-state index is 12.1. The van der Waals surface area contributed by atoms with Crippen LogP contribution in [0.15, 0.2) is 24.3 Å². The maximum Gasteiger partial charge on any atom is 0.222 e. The lowest BCUT2D eigenvalue weighted by Crippen LogP contribution is -2.43. The Morgan fingerprint density at radius 2 is 2.05 bits per heavy atom. The van der Waals surface area contributed by atoms with Crippen molar-refractivity contribution in [2.24, 2.45) is 5.92 Å². The molecule has 0 radical (unpaired) electrons. The summed E-state index contributed by atoms with van der Waals surface area (Å²) in [5.74, 6) is 0.694. The van der Waals surface area contributed by atoms with Gasteiger partial charge in [-0.2, -0.15) is 0 Å². The van der Waals surface area contributed by atoms with E-state index < -0.39 is 0 Å². The highest BCUT2D eigenvalue weighted by Crippen LogP contribution is 2.17. The van der Waals surface area contributed by atoms with E-state index in [1.807, 2.05) is 4.90 Å². The number of piperidine rings is 1. The van der Waals surface area contributed by atoms with Crippen LogP contribution in [0.25, 0.3) is 0 Å². The molecular formula is C18H27NO2. The Hall–Kier alpha value is -1.35. The monoisotopic (exact) mass is 289 g/mol. The van der Waals surface area contributed by atoms with Gasteiger partial charge in [-0.05, 0) is 31.2 Å². The van der Waals surface area contributed by atoms with Crippen LogP contribution in [0, 0.1) is 12.8 Å². The van der Waals surface area contributed by atoms with E-state index in [0.717, 1.165) is 25.9 Å². The number of nitrogens with zero attached hydrogens (tertiary/aromatic N) is 1. The molecule has 0 N–H and O–H groups in total. The van der Waals surface area contributed by atoms with E-state index in [1.165, 1.54) is 11.1 Å². The molecule has 1 aliphatic heterocycles. The summed E-state index contributed by atoms with van der Waals surface area (Å²) < 4.78 is 6.00. The first kappa shape index (κ1) is 16.0. The number of benzene rings is 1. The summed E-state index contributed by atoms with van der Waals surface area (Å²) in [5, 5.41) is 0. The van der Waals surface area contributed by atoms with Crippen molar-refractivity contribution in [3.05, 3.63) is 35.4 Å². The van der Waals surface area contributed by atoms with Gasteiger partial charge < -0.3 is 9.64 Å². The van der Waals surface area contributed by atoms with Crippen LogP contribution in [0.5, 0.6) is 0 Å². The van der Waals surface area contributed by atoms with Crippen molar-refractivity contribution in [1.29, 1.82) is 0 Å². The minimum Gasteiger partial charge on any atom is -0.372 e. The number of aryl methyl sites for hydroxylation is 1. The highest BCUT2D eigenvalue weighted by molar-refractivity contribution is 5.76. The summed E-state index contributed by atoms with van der Waals surface area (Å²) in [5.41, 5.74) is 2.47. The molecule has 1 amide bonds. The zero-order valence-corrected chi connectivity index (χ0v) is 13.5. The number of rotatable bonds is 5. The van der Waals surface area contributed by atoms with E-state index in [2.05, 4.69) is 45.0 Å². The molecule has 1 fully saturated rings. The molecule has 21 heavy (non-hydrogen) atoms. The average molecular weight is 289 g/mol. The zero-order chi connectivity index (χ0) is 15.2. The second kappa shape index (κ2) is 7.60. The summed E-state index contributed by atoms with van der Waals surface area (Å²) >= 11 is 0. The lowest BCUT2D eigenvalue weighted by atomic mass is 10.1. The molecule has 1 atom stereocenters. The second-order valence-corrected chi connectivity index (χ2v) is 6.50. The molecule has 1 heterocycles. The third kappa shape index (κ3) is 5.16. The Kier molecular flexibility index (Phi) is 5.80. The summed E-state index contributed by atoms with van der Waals surface area (Å²) in [6.45, 7) is 8.54. The summed E-state index contributed by atoms with van der Waals surface area (Å²) in [6, 6.07) is 8.44. The van der Waals surface area contributed by atoms with E-state index in [4.69, 9.17) is 4.74 Å². The van der Waals surface area contributed by atoms with Crippen molar-refractivity contribution in [3.63, 3.8) is 0 Å².